The number of pyridine rings is 1. The van der Waals surface area contributed by atoms with Crippen LogP contribution in [0.3, 0.4) is 0 Å². The zero-order chi connectivity index (χ0) is 20.5. The molecule has 1 aliphatic carbocycles. The highest BCUT2D eigenvalue weighted by molar-refractivity contribution is 5.96. The number of carbonyl (C=O) groups is 2. The number of fused-ring (bicyclic) bond motifs is 1. The van der Waals surface area contributed by atoms with Gasteiger partial charge in [-0.25, -0.2) is 14.2 Å². The summed E-state index contributed by atoms with van der Waals surface area (Å²) in [6.07, 6.45) is 1.42. The molecule has 152 valence electrons. The van der Waals surface area contributed by atoms with Gasteiger partial charge in [-0.05, 0) is 61.4 Å². The molecule has 0 spiro atoms. The van der Waals surface area contributed by atoms with Crippen LogP contribution in [0.4, 0.5) is 14.9 Å². The molecule has 1 aromatic heterocycles. The molecular formula is C21H22FN3O4. The first-order valence-corrected chi connectivity index (χ1v) is 9.64. The van der Waals surface area contributed by atoms with E-state index in [9.17, 15) is 19.1 Å². The molecule has 2 amide bonds. The molecular weight excluding hydrogens is 377 g/mol. The van der Waals surface area contributed by atoms with E-state index in [0.29, 0.717) is 30.1 Å². The van der Waals surface area contributed by atoms with Crippen molar-refractivity contribution in [1.82, 2.24) is 10.3 Å². The van der Waals surface area contributed by atoms with Gasteiger partial charge in [0.05, 0.1) is 6.04 Å². The van der Waals surface area contributed by atoms with E-state index in [0.717, 1.165) is 18.4 Å². The number of anilines is 1. The Kier molecular flexibility index (Phi) is 5.08. The standard InChI is InChI=1S/C21H22FN3O4/c1-12-11-29-20-17(25(12)21(27)28)9-15(8-13-4-6-16(22)7-5-13)18(24-20)19(26)23-10-14-2-3-14/h4-7,9,12,14H,2-3,8,10-11H2,1H3,(H,23,26)(H,27,28)/t12-/m0/s1. The van der Waals surface area contributed by atoms with Gasteiger partial charge in [0.15, 0.2) is 0 Å². The van der Waals surface area contributed by atoms with Crippen molar-refractivity contribution in [3.05, 3.63) is 53.0 Å². The van der Waals surface area contributed by atoms with E-state index in [1.165, 1.54) is 17.0 Å². The molecule has 2 aromatic rings. The van der Waals surface area contributed by atoms with Crippen LogP contribution in [-0.4, -0.2) is 41.3 Å². The van der Waals surface area contributed by atoms with Crippen LogP contribution in [0.1, 0.15) is 41.4 Å². The molecule has 0 unspecified atom stereocenters. The Balaban J connectivity index is 1.72. The summed E-state index contributed by atoms with van der Waals surface area (Å²) in [7, 11) is 0. The van der Waals surface area contributed by atoms with Gasteiger partial charge in [-0.2, -0.15) is 0 Å². The molecule has 2 aliphatic rings. The monoisotopic (exact) mass is 399 g/mol. The third kappa shape index (κ3) is 4.16. The van der Waals surface area contributed by atoms with Gasteiger partial charge in [0.25, 0.3) is 5.91 Å². The Labute approximate surface area is 167 Å². The zero-order valence-corrected chi connectivity index (χ0v) is 16.0. The third-order valence-corrected chi connectivity index (χ3v) is 5.19. The fraction of sp³-hybridized carbons (Fsp3) is 0.381. The predicted molar refractivity (Wildman–Crippen MR) is 104 cm³/mol. The first-order chi connectivity index (χ1) is 13.9. The molecule has 1 aliphatic heterocycles. The lowest BCUT2D eigenvalue weighted by atomic mass is 10.0. The van der Waals surface area contributed by atoms with Crippen molar-refractivity contribution in [2.24, 2.45) is 5.92 Å². The average molecular weight is 399 g/mol. The van der Waals surface area contributed by atoms with Crippen molar-refractivity contribution in [1.29, 1.82) is 0 Å². The van der Waals surface area contributed by atoms with Gasteiger partial charge < -0.3 is 15.2 Å². The molecule has 1 fully saturated rings. The fourth-order valence-corrected chi connectivity index (χ4v) is 3.40. The molecule has 8 heteroatoms. The minimum Gasteiger partial charge on any atom is -0.474 e. The van der Waals surface area contributed by atoms with Crippen LogP contribution in [0.25, 0.3) is 0 Å². The summed E-state index contributed by atoms with van der Waals surface area (Å²) in [5, 5.41) is 12.5. The molecule has 0 radical (unpaired) electrons. The molecule has 29 heavy (non-hydrogen) atoms. The minimum absolute atomic E-state index is 0.130. The van der Waals surface area contributed by atoms with E-state index in [-0.39, 0.29) is 35.9 Å². The lowest BCUT2D eigenvalue weighted by Crippen LogP contribution is -2.45. The van der Waals surface area contributed by atoms with Gasteiger partial charge in [-0.15, -0.1) is 0 Å². The summed E-state index contributed by atoms with van der Waals surface area (Å²) in [5.74, 6) is -0.0263. The zero-order valence-electron chi connectivity index (χ0n) is 16.0. The first kappa shape index (κ1) is 19.2. The third-order valence-electron chi connectivity index (χ3n) is 5.19. The van der Waals surface area contributed by atoms with E-state index in [2.05, 4.69) is 10.3 Å². The SMILES string of the molecule is C[C@H]1COc2nc(C(=O)NCC3CC3)c(Cc3ccc(F)cc3)cc2N1C(=O)O. The highest BCUT2D eigenvalue weighted by Gasteiger charge is 2.33. The minimum atomic E-state index is -1.11. The van der Waals surface area contributed by atoms with E-state index in [4.69, 9.17) is 4.74 Å². The fourth-order valence-electron chi connectivity index (χ4n) is 3.40. The molecule has 2 heterocycles. The Morgan fingerprint density at radius 2 is 2.03 bits per heavy atom. The Morgan fingerprint density at radius 1 is 1.31 bits per heavy atom. The number of hydrogen-bond donors (Lipinski definition) is 2. The Hall–Kier alpha value is -3.16. The van der Waals surface area contributed by atoms with Crippen molar-refractivity contribution in [2.45, 2.75) is 32.2 Å². The Bertz CT molecular complexity index is 944. The van der Waals surface area contributed by atoms with Gasteiger partial charge in [0.1, 0.15) is 23.8 Å². The second-order valence-electron chi connectivity index (χ2n) is 7.59. The van der Waals surface area contributed by atoms with Gasteiger partial charge >= 0.3 is 6.09 Å². The average Bonchev–Trinajstić information content (AvgIpc) is 3.51. The van der Waals surface area contributed by atoms with Crippen molar-refractivity contribution in [3.8, 4) is 5.88 Å². The van der Waals surface area contributed by atoms with Gasteiger partial charge in [0, 0.05) is 6.54 Å². The van der Waals surface area contributed by atoms with Gasteiger partial charge in [-0.3, -0.25) is 9.69 Å². The quantitative estimate of drug-likeness (QED) is 0.806. The summed E-state index contributed by atoms with van der Waals surface area (Å²) in [5.41, 5.74) is 1.87. The van der Waals surface area contributed by atoms with E-state index < -0.39 is 6.09 Å². The number of carbonyl (C=O) groups excluding carboxylic acids is 1. The maximum Gasteiger partial charge on any atom is 0.412 e. The van der Waals surface area contributed by atoms with Crippen LogP contribution in [0.2, 0.25) is 0 Å². The molecule has 1 atom stereocenters. The number of aromatic nitrogens is 1. The first-order valence-electron chi connectivity index (χ1n) is 9.64. The number of nitrogens with one attached hydrogen (secondary N) is 1. The van der Waals surface area contributed by atoms with Crippen molar-refractivity contribution >= 4 is 17.7 Å². The molecule has 0 bridgehead atoms. The molecule has 1 aromatic carbocycles. The van der Waals surface area contributed by atoms with E-state index >= 15 is 0 Å². The van der Waals surface area contributed by atoms with Crippen LogP contribution >= 0.6 is 0 Å². The Morgan fingerprint density at radius 3 is 2.69 bits per heavy atom. The summed E-state index contributed by atoms with van der Waals surface area (Å²) < 4.78 is 18.9. The van der Waals surface area contributed by atoms with Crippen molar-refractivity contribution in [3.63, 3.8) is 0 Å². The lowest BCUT2D eigenvalue weighted by Gasteiger charge is -2.32. The highest BCUT2D eigenvalue weighted by atomic mass is 19.1. The summed E-state index contributed by atoms with van der Waals surface area (Å²) in [4.78, 5) is 30.1. The van der Waals surface area contributed by atoms with Crippen LogP contribution in [0, 0.1) is 11.7 Å². The number of rotatable bonds is 5. The maximum absolute atomic E-state index is 13.3. The number of ether oxygens (including phenoxy) is 1. The number of nitrogens with zero attached hydrogens (tertiary/aromatic N) is 2. The van der Waals surface area contributed by atoms with E-state index in [1.807, 2.05) is 0 Å². The topological polar surface area (TPSA) is 91.8 Å². The maximum atomic E-state index is 13.3. The summed E-state index contributed by atoms with van der Waals surface area (Å²) >= 11 is 0. The van der Waals surface area contributed by atoms with Crippen LogP contribution < -0.4 is 15.0 Å². The molecule has 7 nitrogen and oxygen atoms in total. The van der Waals surface area contributed by atoms with Crippen molar-refractivity contribution < 1.29 is 23.8 Å². The molecule has 0 saturated heterocycles. The van der Waals surface area contributed by atoms with Crippen LogP contribution in [0.5, 0.6) is 5.88 Å². The number of benzene rings is 1. The molecule has 1 saturated carbocycles. The summed E-state index contributed by atoms with van der Waals surface area (Å²) in [6, 6.07) is 7.23. The number of halogens is 1. The highest BCUT2D eigenvalue weighted by Crippen LogP contribution is 2.35. The van der Waals surface area contributed by atoms with Crippen LogP contribution in [0.15, 0.2) is 30.3 Å². The summed E-state index contributed by atoms with van der Waals surface area (Å²) in [6.45, 7) is 2.49. The lowest BCUT2D eigenvalue weighted by molar-refractivity contribution is 0.0944. The number of carboxylic acid groups (broad SMARTS) is 1. The smallest absolute Gasteiger partial charge is 0.412 e. The number of hydrogen-bond acceptors (Lipinski definition) is 4. The second kappa shape index (κ2) is 7.69. The normalized spacial score (nSPS) is 18.0. The largest absolute Gasteiger partial charge is 0.474 e. The van der Waals surface area contributed by atoms with E-state index in [1.54, 1.807) is 25.1 Å². The van der Waals surface area contributed by atoms with Crippen molar-refractivity contribution in [2.75, 3.05) is 18.1 Å². The van der Waals surface area contributed by atoms with Gasteiger partial charge in [-0.1, -0.05) is 12.1 Å². The molecule has 4 rings (SSSR count). The van der Waals surface area contributed by atoms with Crippen LogP contribution in [-0.2, 0) is 6.42 Å². The molecule has 2 N–H and O–H groups in total. The van der Waals surface area contributed by atoms with Gasteiger partial charge in [0.2, 0.25) is 5.88 Å². The number of amides is 2. The second-order valence-corrected chi connectivity index (χ2v) is 7.59. The predicted octanol–water partition coefficient (Wildman–Crippen LogP) is 3.22.